The molecule has 0 bridgehead atoms. The van der Waals surface area contributed by atoms with Gasteiger partial charge in [0, 0.05) is 6.42 Å². The summed E-state index contributed by atoms with van der Waals surface area (Å²) >= 11 is 0. The number of methoxy groups -OCH3 is 1. The number of carbonyl (C=O) groups excluding carboxylic acids is 2. The highest BCUT2D eigenvalue weighted by atomic mass is 35.5. The fraction of sp³-hybridized carbons (Fsp3) is 0.667. The van der Waals surface area contributed by atoms with E-state index in [1.807, 2.05) is 0 Å². The van der Waals surface area contributed by atoms with Gasteiger partial charge in [-0.2, -0.15) is 0 Å². The lowest BCUT2D eigenvalue weighted by molar-refractivity contribution is -0.143. The minimum absolute atomic E-state index is 0. The summed E-state index contributed by atoms with van der Waals surface area (Å²) in [5.41, 5.74) is 5.23. The monoisotopic (exact) mass is 181 g/mol. The Hall–Kier alpha value is -0.610. The molecule has 0 spiro atoms. The smallest absolute Gasteiger partial charge is 0.323 e. The SMILES string of the molecule is COC(=O)C(N)CC(C)=O.Cl. The van der Waals surface area contributed by atoms with Gasteiger partial charge in [0.25, 0.3) is 0 Å². The molecule has 5 heteroatoms. The number of Topliss-reactive ketones (excluding diaryl/α,β-unsaturated/α-hetero) is 1. The Labute approximate surface area is 71.5 Å². The fourth-order valence-electron chi connectivity index (χ4n) is 0.544. The first-order valence-electron chi connectivity index (χ1n) is 2.90. The van der Waals surface area contributed by atoms with Gasteiger partial charge in [0.2, 0.25) is 0 Å². The first-order valence-corrected chi connectivity index (χ1v) is 2.90. The quantitative estimate of drug-likeness (QED) is 0.617. The van der Waals surface area contributed by atoms with E-state index in [0.717, 1.165) is 0 Å². The molecule has 11 heavy (non-hydrogen) atoms. The fourth-order valence-corrected chi connectivity index (χ4v) is 0.544. The molecule has 0 aromatic carbocycles. The largest absolute Gasteiger partial charge is 0.468 e. The van der Waals surface area contributed by atoms with Crippen molar-refractivity contribution in [3.63, 3.8) is 0 Å². The van der Waals surface area contributed by atoms with Gasteiger partial charge in [-0.15, -0.1) is 12.4 Å². The zero-order valence-electron chi connectivity index (χ0n) is 6.49. The van der Waals surface area contributed by atoms with Crippen LogP contribution < -0.4 is 5.73 Å². The maximum Gasteiger partial charge on any atom is 0.323 e. The second-order valence-corrected chi connectivity index (χ2v) is 2.04. The van der Waals surface area contributed by atoms with Crippen molar-refractivity contribution in [1.82, 2.24) is 0 Å². The van der Waals surface area contributed by atoms with Gasteiger partial charge in [0.1, 0.15) is 11.8 Å². The van der Waals surface area contributed by atoms with E-state index < -0.39 is 12.0 Å². The van der Waals surface area contributed by atoms with E-state index in [1.165, 1.54) is 14.0 Å². The van der Waals surface area contributed by atoms with Crippen LogP contribution in [-0.2, 0) is 14.3 Å². The van der Waals surface area contributed by atoms with Gasteiger partial charge in [0.05, 0.1) is 7.11 Å². The van der Waals surface area contributed by atoms with Crippen LogP contribution in [0, 0.1) is 0 Å². The van der Waals surface area contributed by atoms with Crippen LogP contribution in [0.2, 0.25) is 0 Å². The number of hydrogen-bond acceptors (Lipinski definition) is 4. The number of halogens is 1. The lowest BCUT2D eigenvalue weighted by Gasteiger charge is -2.04. The van der Waals surface area contributed by atoms with Crippen LogP contribution in [0.15, 0.2) is 0 Å². The molecule has 0 saturated heterocycles. The molecule has 0 saturated carbocycles. The van der Waals surface area contributed by atoms with E-state index in [9.17, 15) is 9.59 Å². The van der Waals surface area contributed by atoms with Gasteiger partial charge in [0.15, 0.2) is 0 Å². The van der Waals surface area contributed by atoms with E-state index in [0.29, 0.717) is 0 Å². The minimum atomic E-state index is -0.803. The van der Waals surface area contributed by atoms with E-state index in [4.69, 9.17) is 5.73 Å². The predicted octanol–water partition coefficient (Wildman–Crippen LogP) is -0.112. The predicted molar refractivity (Wildman–Crippen MR) is 42.5 cm³/mol. The van der Waals surface area contributed by atoms with Crippen molar-refractivity contribution in [3.05, 3.63) is 0 Å². The summed E-state index contributed by atoms with van der Waals surface area (Å²) in [6.07, 6.45) is 0.0483. The average Bonchev–Trinajstić information content (AvgIpc) is 1.85. The number of rotatable bonds is 3. The molecular weight excluding hydrogens is 170 g/mol. The first kappa shape index (κ1) is 13.0. The zero-order valence-corrected chi connectivity index (χ0v) is 7.31. The zero-order chi connectivity index (χ0) is 8.15. The van der Waals surface area contributed by atoms with Gasteiger partial charge in [-0.25, -0.2) is 0 Å². The number of esters is 1. The Balaban J connectivity index is 0. The van der Waals surface area contributed by atoms with Crippen molar-refractivity contribution in [2.24, 2.45) is 5.73 Å². The van der Waals surface area contributed by atoms with Crippen molar-refractivity contribution >= 4 is 24.2 Å². The summed E-state index contributed by atoms with van der Waals surface area (Å²) in [6.45, 7) is 1.38. The molecule has 2 N–H and O–H groups in total. The Morgan fingerprint density at radius 2 is 2.00 bits per heavy atom. The molecule has 0 radical (unpaired) electrons. The van der Waals surface area contributed by atoms with Crippen LogP contribution in [0.4, 0.5) is 0 Å². The van der Waals surface area contributed by atoms with Gasteiger partial charge < -0.3 is 10.5 Å². The molecule has 4 nitrogen and oxygen atoms in total. The summed E-state index contributed by atoms with van der Waals surface area (Å²) in [5, 5.41) is 0. The number of hydrogen-bond donors (Lipinski definition) is 1. The highest BCUT2D eigenvalue weighted by molar-refractivity contribution is 5.85. The third kappa shape index (κ3) is 5.82. The minimum Gasteiger partial charge on any atom is -0.468 e. The summed E-state index contributed by atoms with van der Waals surface area (Å²) in [7, 11) is 1.24. The lowest BCUT2D eigenvalue weighted by atomic mass is 10.2. The Kier molecular flexibility index (Phi) is 7.24. The Morgan fingerprint density at radius 3 is 2.27 bits per heavy atom. The summed E-state index contributed by atoms with van der Waals surface area (Å²) in [6, 6.07) is -0.803. The lowest BCUT2D eigenvalue weighted by Crippen LogP contribution is -2.33. The molecule has 0 aliphatic rings. The maximum absolute atomic E-state index is 10.5. The molecule has 0 aliphatic carbocycles. The molecule has 0 heterocycles. The third-order valence-corrected chi connectivity index (χ3v) is 1.01. The maximum atomic E-state index is 10.5. The van der Waals surface area contributed by atoms with Crippen LogP contribution in [0.5, 0.6) is 0 Å². The van der Waals surface area contributed by atoms with Crippen molar-refractivity contribution in [3.8, 4) is 0 Å². The molecule has 0 amide bonds. The highest BCUT2D eigenvalue weighted by Crippen LogP contribution is 1.91. The van der Waals surface area contributed by atoms with Crippen LogP contribution in [0.25, 0.3) is 0 Å². The molecule has 1 unspecified atom stereocenters. The molecule has 0 rings (SSSR count). The molecule has 0 aromatic heterocycles. The number of ketones is 1. The second kappa shape index (κ2) is 6.12. The summed E-state index contributed by atoms with van der Waals surface area (Å²) in [5.74, 6) is -0.659. The molecule has 66 valence electrons. The summed E-state index contributed by atoms with van der Waals surface area (Å²) < 4.78 is 4.30. The standard InChI is InChI=1S/C6H11NO3.ClH/c1-4(8)3-5(7)6(9)10-2;/h5H,3,7H2,1-2H3;1H. The number of ether oxygens (including phenoxy) is 1. The van der Waals surface area contributed by atoms with Crippen LogP contribution >= 0.6 is 12.4 Å². The number of nitrogens with two attached hydrogens (primary N) is 1. The molecular formula is C6H12ClNO3. The van der Waals surface area contributed by atoms with Gasteiger partial charge in [-0.3, -0.25) is 9.59 Å². The highest BCUT2D eigenvalue weighted by Gasteiger charge is 2.14. The molecule has 1 atom stereocenters. The van der Waals surface area contributed by atoms with Gasteiger partial charge >= 0.3 is 5.97 Å². The van der Waals surface area contributed by atoms with E-state index in [-0.39, 0.29) is 24.6 Å². The van der Waals surface area contributed by atoms with Crippen LogP contribution in [0.1, 0.15) is 13.3 Å². The molecule has 0 aromatic rings. The Bertz CT molecular complexity index is 149. The van der Waals surface area contributed by atoms with E-state index >= 15 is 0 Å². The second-order valence-electron chi connectivity index (χ2n) is 2.04. The normalized spacial score (nSPS) is 11.2. The van der Waals surface area contributed by atoms with Crippen LogP contribution in [0.3, 0.4) is 0 Å². The number of carbonyl (C=O) groups is 2. The van der Waals surface area contributed by atoms with Gasteiger partial charge in [-0.05, 0) is 6.92 Å². The average molecular weight is 182 g/mol. The van der Waals surface area contributed by atoms with Crippen LogP contribution in [-0.4, -0.2) is 24.9 Å². The molecule has 0 aliphatic heterocycles. The van der Waals surface area contributed by atoms with Gasteiger partial charge in [-0.1, -0.05) is 0 Å². The topological polar surface area (TPSA) is 69.4 Å². The van der Waals surface area contributed by atoms with Crippen molar-refractivity contribution in [2.45, 2.75) is 19.4 Å². The van der Waals surface area contributed by atoms with Crippen molar-refractivity contribution in [1.29, 1.82) is 0 Å². The van der Waals surface area contributed by atoms with Crippen molar-refractivity contribution in [2.75, 3.05) is 7.11 Å². The van der Waals surface area contributed by atoms with E-state index in [2.05, 4.69) is 4.74 Å². The third-order valence-electron chi connectivity index (χ3n) is 1.01. The Morgan fingerprint density at radius 1 is 1.55 bits per heavy atom. The first-order chi connectivity index (χ1) is 4.57. The van der Waals surface area contributed by atoms with Crippen molar-refractivity contribution < 1.29 is 14.3 Å². The summed E-state index contributed by atoms with van der Waals surface area (Å²) in [4.78, 5) is 20.9. The van der Waals surface area contributed by atoms with E-state index in [1.54, 1.807) is 0 Å². The molecule has 0 fully saturated rings.